The molecule has 0 saturated carbocycles. The molecule has 24 heavy (non-hydrogen) atoms. The number of carbonyl (C=O) groups is 1. The van der Waals surface area contributed by atoms with Gasteiger partial charge < -0.3 is 19.5 Å². The highest BCUT2D eigenvalue weighted by Gasteiger charge is 2.21. The van der Waals surface area contributed by atoms with Gasteiger partial charge in [-0.2, -0.15) is 0 Å². The normalized spacial score (nSPS) is 14.4. The molecule has 2 heterocycles. The summed E-state index contributed by atoms with van der Waals surface area (Å²) in [4.78, 5) is 30.3. The van der Waals surface area contributed by atoms with E-state index < -0.39 is 0 Å². The maximum atomic E-state index is 12.7. The number of methoxy groups -OCH3 is 1. The number of nitrogens with one attached hydrogen (secondary N) is 1. The fourth-order valence-electron chi connectivity index (χ4n) is 2.56. The topological polar surface area (TPSA) is 76.5 Å². The second-order valence-electron chi connectivity index (χ2n) is 5.44. The van der Waals surface area contributed by atoms with Gasteiger partial charge in [-0.05, 0) is 33.6 Å². The number of carbonyl (C=O) groups excluding carboxylic acids is 1. The lowest BCUT2D eigenvalue weighted by atomic mass is 10.2. The number of halogens is 1. The summed E-state index contributed by atoms with van der Waals surface area (Å²) in [7, 11) is 1.61. The summed E-state index contributed by atoms with van der Waals surface area (Å²) in [6.45, 7) is 1.62. The number of hydrogen-bond donors (Lipinski definition) is 1. The molecule has 1 aromatic heterocycles. The van der Waals surface area contributed by atoms with E-state index in [-0.39, 0.29) is 23.8 Å². The molecule has 2 aromatic rings. The lowest BCUT2D eigenvalue weighted by Crippen LogP contribution is -2.50. The average molecular weight is 393 g/mol. The smallest absolute Gasteiger partial charge is 0.293 e. The number of benzene rings is 1. The van der Waals surface area contributed by atoms with E-state index in [9.17, 15) is 9.59 Å². The highest BCUT2D eigenvalue weighted by Crippen LogP contribution is 2.15. The second kappa shape index (κ2) is 7.04. The van der Waals surface area contributed by atoms with Crippen LogP contribution in [-0.4, -0.2) is 42.2 Å². The van der Waals surface area contributed by atoms with Crippen LogP contribution in [0.25, 0.3) is 0 Å². The third-order valence-electron chi connectivity index (χ3n) is 3.78. The highest BCUT2D eigenvalue weighted by molar-refractivity contribution is 9.10. The van der Waals surface area contributed by atoms with Crippen molar-refractivity contribution < 1.29 is 9.53 Å². The first-order chi connectivity index (χ1) is 11.6. The van der Waals surface area contributed by atoms with E-state index in [0.29, 0.717) is 24.2 Å². The number of hydrogen-bond acceptors (Lipinski definition) is 5. The van der Waals surface area contributed by atoms with Crippen molar-refractivity contribution in [2.24, 2.45) is 0 Å². The number of ether oxygens (including phenoxy) is 1. The quantitative estimate of drug-likeness (QED) is 0.839. The van der Waals surface area contributed by atoms with Crippen LogP contribution in [0.2, 0.25) is 0 Å². The first kappa shape index (κ1) is 16.5. The van der Waals surface area contributed by atoms with Crippen LogP contribution >= 0.6 is 15.9 Å². The Morgan fingerprint density at radius 2 is 2.04 bits per heavy atom. The summed E-state index contributed by atoms with van der Waals surface area (Å²) < 4.78 is 7.28. The molecule has 1 fully saturated rings. The molecule has 0 atom stereocenters. The Morgan fingerprint density at radius 3 is 2.71 bits per heavy atom. The molecule has 126 valence electrons. The zero-order chi connectivity index (χ0) is 17.1. The lowest BCUT2D eigenvalue weighted by Gasteiger charge is -2.27. The molecule has 1 aliphatic rings. The molecule has 1 amide bonds. The van der Waals surface area contributed by atoms with Gasteiger partial charge >= 0.3 is 0 Å². The van der Waals surface area contributed by atoms with Crippen LogP contribution in [0.5, 0.6) is 5.75 Å². The average Bonchev–Trinajstić information content (AvgIpc) is 2.58. The van der Waals surface area contributed by atoms with Gasteiger partial charge in [-0.1, -0.05) is 12.1 Å². The van der Waals surface area contributed by atoms with E-state index in [1.54, 1.807) is 22.8 Å². The summed E-state index contributed by atoms with van der Waals surface area (Å²) >= 11 is 3.35. The van der Waals surface area contributed by atoms with E-state index in [4.69, 9.17) is 4.74 Å². The molecular formula is C16H17BrN4O3. The minimum absolute atomic E-state index is 0.107. The first-order valence-electron chi connectivity index (χ1n) is 7.48. The number of anilines is 1. The van der Waals surface area contributed by atoms with E-state index in [2.05, 4.69) is 26.2 Å². The van der Waals surface area contributed by atoms with Crippen molar-refractivity contribution in [2.75, 3.05) is 31.6 Å². The zero-order valence-electron chi connectivity index (χ0n) is 13.2. The van der Waals surface area contributed by atoms with Crippen LogP contribution in [0.3, 0.4) is 0 Å². The van der Waals surface area contributed by atoms with Crippen LogP contribution in [0, 0.1) is 0 Å². The summed E-state index contributed by atoms with van der Waals surface area (Å²) in [5, 5.41) is 2.74. The molecule has 0 spiro atoms. The number of aromatic nitrogens is 2. The molecule has 0 radical (unpaired) electrons. The van der Waals surface area contributed by atoms with E-state index >= 15 is 0 Å². The predicted octanol–water partition coefficient (Wildman–Crippen LogP) is 0.999. The number of amides is 1. The molecule has 7 nitrogen and oxygen atoms in total. The Hall–Kier alpha value is -2.35. The van der Waals surface area contributed by atoms with Gasteiger partial charge in [-0.3, -0.25) is 9.59 Å². The van der Waals surface area contributed by atoms with Crippen LogP contribution in [0.4, 0.5) is 5.82 Å². The van der Waals surface area contributed by atoms with Crippen LogP contribution < -0.4 is 20.5 Å². The van der Waals surface area contributed by atoms with Crippen molar-refractivity contribution in [3.63, 3.8) is 0 Å². The Bertz CT molecular complexity index is 804. The van der Waals surface area contributed by atoms with Gasteiger partial charge in [-0.25, -0.2) is 4.98 Å². The van der Waals surface area contributed by atoms with Crippen molar-refractivity contribution in [1.82, 2.24) is 14.9 Å². The SMILES string of the molecule is COc1ccc(Cn2cc(Br)nc(N3CCNC(=O)C3)c2=O)cc1. The summed E-state index contributed by atoms with van der Waals surface area (Å²) in [6.07, 6.45) is 1.65. The zero-order valence-corrected chi connectivity index (χ0v) is 14.7. The Balaban J connectivity index is 1.90. The number of piperazine rings is 1. The van der Waals surface area contributed by atoms with Gasteiger partial charge in [0.2, 0.25) is 5.91 Å². The second-order valence-corrected chi connectivity index (χ2v) is 6.25. The predicted molar refractivity (Wildman–Crippen MR) is 93.5 cm³/mol. The highest BCUT2D eigenvalue weighted by atomic mass is 79.9. The van der Waals surface area contributed by atoms with E-state index in [0.717, 1.165) is 11.3 Å². The van der Waals surface area contributed by atoms with Crippen molar-refractivity contribution in [3.05, 3.63) is 51.0 Å². The number of rotatable bonds is 4. The van der Waals surface area contributed by atoms with Crippen molar-refractivity contribution in [3.8, 4) is 5.75 Å². The van der Waals surface area contributed by atoms with Gasteiger partial charge in [0.15, 0.2) is 5.82 Å². The molecule has 8 heteroatoms. The van der Waals surface area contributed by atoms with Crippen molar-refractivity contribution >= 4 is 27.7 Å². The molecular weight excluding hydrogens is 376 g/mol. The molecule has 3 rings (SSSR count). The Kier molecular flexibility index (Phi) is 4.84. The van der Waals surface area contributed by atoms with Crippen LogP contribution in [0.1, 0.15) is 5.56 Å². The molecule has 0 aliphatic carbocycles. The van der Waals surface area contributed by atoms with Crippen LogP contribution in [-0.2, 0) is 11.3 Å². The van der Waals surface area contributed by atoms with Gasteiger partial charge in [0.1, 0.15) is 10.4 Å². The van der Waals surface area contributed by atoms with Gasteiger partial charge in [-0.15, -0.1) is 0 Å². The monoisotopic (exact) mass is 392 g/mol. The third kappa shape index (κ3) is 3.59. The molecule has 1 aromatic carbocycles. The molecule has 1 aliphatic heterocycles. The Labute approximate surface area is 147 Å². The van der Waals surface area contributed by atoms with Crippen molar-refractivity contribution in [2.45, 2.75) is 6.54 Å². The molecule has 0 unspecified atom stereocenters. The van der Waals surface area contributed by atoms with Gasteiger partial charge in [0.25, 0.3) is 5.56 Å². The van der Waals surface area contributed by atoms with Gasteiger partial charge in [0, 0.05) is 19.3 Å². The van der Waals surface area contributed by atoms with Crippen LogP contribution in [0.15, 0.2) is 39.9 Å². The van der Waals surface area contributed by atoms with E-state index in [1.807, 2.05) is 24.3 Å². The lowest BCUT2D eigenvalue weighted by molar-refractivity contribution is -0.120. The first-order valence-corrected chi connectivity index (χ1v) is 8.27. The Morgan fingerprint density at radius 1 is 1.29 bits per heavy atom. The summed E-state index contributed by atoms with van der Waals surface area (Å²) in [5.41, 5.74) is 0.752. The van der Waals surface area contributed by atoms with Crippen molar-refractivity contribution in [1.29, 1.82) is 0 Å². The number of nitrogens with zero attached hydrogens (tertiary/aromatic N) is 3. The standard InChI is InChI=1S/C16H17BrN4O3/c1-24-12-4-2-11(3-5-12)8-21-9-13(17)19-15(16(21)23)20-7-6-18-14(22)10-20/h2-5,9H,6-8,10H2,1H3,(H,18,22). The maximum absolute atomic E-state index is 12.7. The fourth-order valence-corrected chi connectivity index (χ4v) is 2.98. The van der Waals surface area contributed by atoms with Gasteiger partial charge in [0.05, 0.1) is 20.2 Å². The van der Waals surface area contributed by atoms with E-state index in [1.165, 1.54) is 0 Å². The minimum Gasteiger partial charge on any atom is -0.497 e. The molecule has 0 bridgehead atoms. The molecule has 1 saturated heterocycles. The molecule has 1 N–H and O–H groups in total. The fraction of sp³-hybridized carbons (Fsp3) is 0.312. The minimum atomic E-state index is -0.219. The third-order valence-corrected chi connectivity index (χ3v) is 4.16. The largest absolute Gasteiger partial charge is 0.497 e. The maximum Gasteiger partial charge on any atom is 0.293 e. The summed E-state index contributed by atoms with van der Waals surface area (Å²) in [6, 6.07) is 7.53. The summed E-state index contributed by atoms with van der Waals surface area (Å²) in [5.74, 6) is 0.943.